The highest BCUT2D eigenvalue weighted by atomic mass is 35.5. The van der Waals surface area contributed by atoms with Crippen LogP contribution < -0.4 is 21.3 Å². The lowest BCUT2D eigenvalue weighted by molar-refractivity contribution is -0.116. The van der Waals surface area contributed by atoms with E-state index in [1.54, 1.807) is 30.3 Å². The number of hydrogen-bond donors (Lipinski definition) is 6. The summed E-state index contributed by atoms with van der Waals surface area (Å²) in [5.74, 6) is 0.129. The van der Waals surface area contributed by atoms with Gasteiger partial charge in [-0.3, -0.25) is 14.6 Å². The van der Waals surface area contributed by atoms with Gasteiger partial charge in [0.2, 0.25) is 5.91 Å². The zero-order valence-electron chi connectivity index (χ0n) is 19.1. The fourth-order valence-corrected chi connectivity index (χ4v) is 4.09. The molecule has 6 N–H and O–H groups in total. The molecule has 11 heteroatoms. The van der Waals surface area contributed by atoms with Crippen LogP contribution in [0.4, 0.5) is 5.69 Å². The normalized spacial score (nSPS) is 13.7. The molecule has 188 valence electrons. The average molecular weight is 522 g/mol. The molecule has 0 spiro atoms. The smallest absolute Gasteiger partial charge is 0.254 e. The molecule has 0 radical (unpaired) electrons. The zero-order chi connectivity index (χ0) is 25.2. The number of benzene rings is 2. The summed E-state index contributed by atoms with van der Waals surface area (Å²) in [4.78, 5) is 29.0. The van der Waals surface area contributed by atoms with Crippen LogP contribution >= 0.6 is 23.2 Å². The topological polar surface area (TPSA) is 135 Å². The van der Waals surface area contributed by atoms with Gasteiger partial charge in [0.25, 0.3) is 5.91 Å². The van der Waals surface area contributed by atoms with E-state index in [1.807, 2.05) is 0 Å². The quantitative estimate of drug-likeness (QED) is 0.198. The molecule has 1 atom stereocenters. The molecular formula is C24H29Cl2N5O4. The maximum absolute atomic E-state index is 12.6. The van der Waals surface area contributed by atoms with Crippen molar-refractivity contribution >= 4 is 46.7 Å². The highest BCUT2D eigenvalue weighted by Gasteiger charge is 2.23. The van der Waals surface area contributed by atoms with E-state index in [-0.39, 0.29) is 27.9 Å². The van der Waals surface area contributed by atoms with E-state index in [4.69, 9.17) is 23.2 Å². The van der Waals surface area contributed by atoms with Crippen molar-refractivity contribution in [3.8, 4) is 0 Å². The number of rotatable bonds is 11. The van der Waals surface area contributed by atoms with Crippen LogP contribution in [-0.2, 0) is 11.2 Å². The number of halogens is 2. The van der Waals surface area contributed by atoms with Crippen molar-refractivity contribution in [1.82, 2.24) is 16.0 Å². The Bertz CT molecular complexity index is 1030. The van der Waals surface area contributed by atoms with E-state index >= 15 is 0 Å². The number of aliphatic hydroxyl groups excluding tert-OH is 1. The number of anilines is 1. The summed E-state index contributed by atoms with van der Waals surface area (Å²) in [7, 11) is 0. The molecule has 2 amide bonds. The van der Waals surface area contributed by atoms with Crippen molar-refractivity contribution < 1.29 is 19.8 Å². The lowest BCUT2D eigenvalue weighted by Gasteiger charge is -2.21. The van der Waals surface area contributed by atoms with E-state index in [1.165, 1.54) is 12.1 Å². The van der Waals surface area contributed by atoms with Crippen LogP contribution in [0.2, 0.25) is 10.0 Å². The van der Waals surface area contributed by atoms with Crippen molar-refractivity contribution in [2.75, 3.05) is 25.0 Å². The maximum atomic E-state index is 12.6. The lowest BCUT2D eigenvalue weighted by atomic mass is 10.0. The molecule has 0 saturated carbocycles. The van der Waals surface area contributed by atoms with Gasteiger partial charge in [-0.25, -0.2) is 0 Å². The van der Waals surface area contributed by atoms with Gasteiger partial charge < -0.3 is 31.5 Å². The average Bonchev–Trinajstić information content (AvgIpc) is 3.33. The van der Waals surface area contributed by atoms with E-state index in [0.717, 1.165) is 44.0 Å². The second-order valence-corrected chi connectivity index (χ2v) is 8.89. The number of carbonyl (C=O) groups excluding carboxylic acids is 2. The Hall–Kier alpha value is -2.85. The number of nitrogens with one attached hydrogen (secondary N) is 4. The number of guanidine groups is 1. The van der Waals surface area contributed by atoms with Gasteiger partial charge in [0, 0.05) is 25.2 Å². The molecule has 0 fully saturated rings. The fourth-order valence-electron chi connectivity index (χ4n) is 3.52. The van der Waals surface area contributed by atoms with E-state index in [9.17, 15) is 19.8 Å². The second kappa shape index (κ2) is 13.3. The van der Waals surface area contributed by atoms with Crippen molar-refractivity contribution in [2.45, 2.75) is 38.0 Å². The molecule has 0 aromatic heterocycles. The Morgan fingerprint density at radius 3 is 2.40 bits per heavy atom. The Morgan fingerprint density at radius 1 is 1.06 bits per heavy atom. The standard InChI is InChI=1S/C24H29Cl2N5O4/c25-17-4-3-5-18(26)21(17)22(33)31-19(23(34)35)14-15-7-9-16(10-8-15)30-20(32)6-1-2-11-27-24-28-12-13-29-24/h3-5,7-10,19,23,34-35H,1-2,6,11-14H2,(H,30,32)(H,31,33)(H2,27,28,29)/t19-/m0/s1. The first-order valence-electron chi connectivity index (χ1n) is 11.4. The number of hydrogen-bond acceptors (Lipinski definition) is 7. The molecule has 9 nitrogen and oxygen atoms in total. The summed E-state index contributed by atoms with van der Waals surface area (Å²) in [5.41, 5.74) is 1.44. The van der Waals surface area contributed by atoms with Gasteiger partial charge in [0.1, 0.15) is 0 Å². The third kappa shape index (κ3) is 8.40. The largest absolute Gasteiger partial charge is 0.366 e. The van der Waals surface area contributed by atoms with Crippen molar-refractivity contribution in [3.05, 3.63) is 63.6 Å². The predicted molar refractivity (Wildman–Crippen MR) is 137 cm³/mol. The summed E-state index contributed by atoms with van der Waals surface area (Å²) in [6, 6.07) is 10.6. The number of aliphatic hydroxyl groups is 2. The molecular weight excluding hydrogens is 493 g/mol. The zero-order valence-corrected chi connectivity index (χ0v) is 20.6. The molecule has 0 bridgehead atoms. The van der Waals surface area contributed by atoms with Crippen molar-refractivity contribution in [3.63, 3.8) is 0 Å². The van der Waals surface area contributed by atoms with Gasteiger partial charge in [-0.1, -0.05) is 41.4 Å². The van der Waals surface area contributed by atoms with E-state index in [2.05, 4.69) is 26.3 Å². The van der Waals surface area contributed by atoms with Gasteiger partial charge >= 0.3 is 0 Å². The Labute approximate surface area is 213 Å². The number of nitrogens with zero attached hydrogens (tertiary/aromatic N) is 1. The molecule has 1 aliphatic rings. The minimum Gasteiger partial charge on any atom is -0.366 e. The summed E-state index contributed by atoms with van der Waals surface area (Å²) in [6.07, 6.45) is 0.343. The van der Waals surface area contributed by atoms with Gasteiger partial charge in [-0.2, -0.15) is 0 Å². The molecule has 2 aromatic rings. The van der Waals surface area contributed by atoms with E-state index in [0.29, 0.717) is 12.1 Å². The molecule has 0 aliphatic carbocycles. The first kappa shape index (κ1) is 26.7. The number of aliphatic imine (C=N–C) groups is 1. The third-order valence-electron chi connectivity index (χ3n) is 5.36. The van der Waals surface area contributed by atoms with Crippen LogP contribution in [0.3, 0.4) is 0 Å². The Balaban J connectivity index is 1.45. The minimum atomic E-state index is -1.80. The molecule has 2 aromatic carbocycles. The summed E-state index contributed by atoms with van der Waals surface area (Å²) in [5, 5.41) is 31.6. The molecule has 0 unspecified atom stereocenters. The van der Waals surface area contributed by atoms with Gasteiger partial charge in [-0.05, 0) is 49.1 Å². The first-order chi connectivity index (χ1) is 16.8. The lowest BCUT2D eigenvalue weighted by Crippen LogP contribution is -2.45. The van der Waals surface area contributed by atoms with Crippen LogP contribution in [0.1, 0.15) is 35.2 Å². The van der Waals surface area contributed by atoms with Crippen LogP contribution in [0.25, 0.3) is 0 Å². The van der Waals surface area contributed by atoms with Crippen LogP contribution in [0, 0.1) is 0 Å². The molecule has 1 aliphatic heterocycles. The van der Waals surface area contributed by atoms with Crippen molar-refractivity contribution in [2.24, 2.45) is 4.99 Å². The summed E-state index contributed by atoms with van der Waals surface area (Å²) in [6.45, 7) is 2.40. The Kier molecular flexibility index (Phi) is 10.2. The van der Waals surface area contributed by atoms with Gasteiger partial charge in [-0.15, -0.1) is 0 Å². The summed E-state index contributed by atoms with van der Waals surface area (Å²) >= 11 is 12.1. The van der Waals surface area contributed by atoms with Gasteiger partial charge in [0.05, 0.1) is 28.2 Å². The minimum absolute atomic E-state index is 0.0688. The van der Waals surface area contributed by atoms with Crippen LogP contribution in [0.15, 0.2) is 47.5 Å². The molecule has 3 rings (SSSR count). The summed E-state index contributed by atoms with van der Waals surface area (Å²) < 4.78 is 0. The number of carbonyl (C=O) groups is 2. The molecule has 35 heavy (non-hydrogen) atoms. The monoisotopic (exact) mass is 521 g/mol. The first-order valence-corrected chi connectivity index (χ1v) is 12.1. The second-order valence-electron chi connectivity index (χ2n) is 8.08. The SMILES string of the molecule is O=C(CCCCNC1=NCCN1)Nc1ccc(C[C@H](NC(=O)c2c(Cl)cccc2Cl)C(O)O)cc1. The van der Waals surface area contributed by atoms with E-state index < -0.39 is 18.2 Å². The third-order valence-corrected chi connectivity index (χ3v) is 5.99. The highest BCUT2D eigenvalue weighted by Crippen LogP contribution is 2.24. The highest BCUT2D eigenvalue weighted by molar-refractivity contribution is 6.39. The maximum Gasteiger partial charge on any atom is 0.254 e. The van der Waals surface area contributed by atoms with Crippen molar-refractivity contribution in [1.29, 1.82) is 0 Å². The number of unbranched alkanes of at least 4 members (excludes halogenated alkanes) is 1. The number of amides is 2. The molecule has 0 saturated heterocycles. The predicted octanol–water partition coefficient (Wildman–Crippen LogP) is 2.30. The molecule has 1 heterocycles. The fraction of sp³-hybridized carbons (Fsp3) is 0.375. The van der Waals surface area contributed by atoms with Crippen LogP contribution in [-0.4, -0.2) is 60.0 Å². The van der Waals surface area contributed by atoms with Gasteiger partial charge in [0.15, 0.2) is 12.2 Å². The Morgan fingerprint density at radius 2 is 1.77 bits per heavy atom. The van der Waals surface area contributed by atoms with Crippen LogP contribution in [0.5, 0.6) is 0 Å².